The number of benzene rings is 1. The van der Waals surface area contributed by atoms with Crippen molar-refractivity contribution >= 4 is 11.8 Å². The van der Waals surface area contributed by atoms with Crippen LogP contribution >= 0.6 is 0 Å². The summed E-state index contributed by atoms with van der Waals surface area (Å²) in [4.78, 5) is 17.3. The van der Waals surface area contributed by atoms with Crippen LogP contribution in [-0.4, -0.2) is 30.5 Å². The van der Waals surface area contributed by atoms with Crippen molar-refractivity contribution in [2.24, 2.45) is 0 Å². The molecule has 1 aromatic carbocycles. The number of amides is 1. The lowest BCUT2D eigenvalue weighted by atomic mass is 10.1. The van der Waals surface area contributed by atoms with Crippen LogP contribution in [-0.2, 0) is 13.1 Å². The fraction of sp³-hybridized carbons (Fsp3) is 0.375. The molecule has 0 N–H and O–H groups in total. The lowest BCUT2D eigenvalue weighted by Gasteiger charge is -2.26. The van der Waals surface area contributed by atoms with Crippen LogP contribution in [0, 0.1) is 0 Å². The van der Waals surface area contributed by atoms with Crippen LogP contribution in [0.3, 0.4) is 0 Å². The zero-order valence-electron chi connectivity index (χ0n) is 17.4. The smallest absolute Gasteiger partial charge is 0.254 e. The van der Waals surface area contributed by atoms with Crippen molar-refractivity contribution in [1.29, 1.82) is 0 Å². The molecule has 0 unspecified atom stereocenters. The van der Waals surface area contributed by atoms with E-state index < -0.39 is 0 Å². The first kappa shape index (κ1) is 20.1. The van der Waals surface area contributed by atoms with Crippen LogP contribution in [0.5, 0.6) is 5.75 Å². The summed E-state index contributed by atoms with van der Waals surface area (Å²) >= 11 is 0. The summed E-state index contributed by atoms with van der Waals surface area (Å²) in [5.41, 5.74) is 0.604. The number of ether oxygens (including phenoxy) is 1. The molecule has 6 heteroatoms. The van der Waals surface area contributed by atoms with Gasteiger partial charge in [0.15, 0.2) is 5.88 Å². The highest BCUT2D eigenvalue weighted by molar-refractivity contribution is 5.94. The van der Waals surface area contributed by atoms with Gasteiger partial charge in [-0.1, -0.05) is 0 Å². The van der Waals surface area contributed by atoms with E-state index in [2.05, 4.69) is 4.90 Å². The maximum absolute atomic E-state index is 13.2. The molecule has 0 saturated carbocycles. The number of furan rings is 2. The van der Waals surface area contributed by atoms with Gasteiger partial charge in [0.2, 0.25) is 0 Å². The van der Waals surface area contributed by atoms with Crippen molar-refractivity contribution in [1.82, 2.24) is 4.90 Å². The number of carbonyl (C=O) groups excluding carboxylic acids is 1. The van der Waals surface area contributed by atoms with E-state index in [0.717, 1.165) is 36.2 Å². The number of carbonyl (C=O) groups is 1. The van der Waals surface area contributed by atoms with E-state index in [4.69, 9.17) is 13.6 Å². The Labute approximate surface area is 177 Å². The molecule has 30 heavy (non-hydrogen) atoms. The van der Waals surface area contributed by atoms with Gasteiger partial charge in [-0.15, -0.1) is 0 Å². The van der Waals surface area contributed by atoms with Crippen molar-refractivity contribution in [3.63, 3.8) is 0 Å². The third-order valence-electron chi connectivity index (χ3n) is 5.29. The van der Waals surface area contributed by atoms with Crippen LogP contribution in [0.15, 0.2) is 63.6 Å². The van der Waals surface area contributed by atoms with Crippen LogP contribution in [0.4, 0.5) is 5.88 Å². The summed E-state index contributed by atoms with van der Waals surface area (Å²) in [6.45, 7) is 5.32. The Balaban J connectivity index is 1.51. The normalized spacial score (nSPS) is 14.0. The lowest BCUT2D eigenvalue weighted by molar-refractivity contribution is 0.0705. The Kier molecular flexibility index (Phi) is 6.42. The second-order valence-electron chi connectivity index (χ2n) is 7.49. The van der Waals surface area contributed by atoms with Crippen molar-refractivity contribution in [3.05, 3.63) is 71.9 Å². The standard InChI is InChI=1S/C24H28N2O4/c1-2-28-20-10-8-19(9-11-20)24(27)26(17-21-7-6-16-29-21)18-22-12-13-23(30-22)25-14-4-3-5-15-25/h6-13,16H,2-5,14-15,17-18H2,1H3. The van der Waals surface area contributed by atoms with E-state index in [1.165, 1.54) is 19.3 Å². The van der Waals surface area contributed by atoms with E-state index in [-0.39, 0.29) is 5.91 Å². The maximum Gasteiger partial charge on any atom is 0.254 e. The minimum atomic E-state index is -0.0784. The van der Waals surface area contributed by atoms with Crippen LogP contribution in [0.25, 0.3) is 0 Å². The maximum atomic E-state index is 13.2. The van der Waals surface area contributed by atoms with E-state index in [0.29, 0.717) is 25.3 Å². The Morgan fingerprint density at radius 2 is 1.77 bits per heavy atom. The minimum Gasteiger partial charge on any atom is -0.494 e. The first-order valence-electron chi connectivity index (χ1n) is 10.6. The number of piperidine rings is 1. The van der Waals surface area contributed by atoms with Crippen LogP contribution in [0.1, 0.15) is 48.1 Å². The highest BCUT2D eigenvalue weighted by atomic mass is 16.5. The highest BCUT2D eigenvalue weighted by Crippen LogP contribution is 2.24. The molecule has 1 aliphatic heterocycles. The number of anilines is 1. The molecule has 0 radical (unpaired) electrons. The second-order valence-corrected chi connectivity index (χ2v) is 7.49. The van der Waals surface area contributed by atoms with E-state index in [1.54, 1.807) is 23.3 Å². The van der Waals surface area contributed by atoms with E-state index in [9.17, 15) is 4.79 Å². The van der Waals surface area contributed by atoms with Crippen molar-refractivity contribution in [3.8, 4) is 5.75 Å². The monoisotopic (exact) mass is 408 g/mol. The summed E-state index contributed by atoms with van der Waals surface area (Å²) in [6, 6.07) is 14.9. The summed E-state index contributed by atoms with van der Waals surface area (Å²) in [5, 5.41) is 0. The molecule has 3 aromatic rings. The largest absolute Gasteiger partial charge is 0.494 e. The quantitative estimate of drug-likeness (QED) is 0.519. The van der Waals surface area contributed by atoms with Gasteiger partial charge in [0.1, 0.15) is 17.3 Å². The molecule has 1 saturated heterocycles. The minimum absolute atomic E-state index is 0.0784. The molecule has 1 fully saturated rings. The Hall–Kier alpha value is -3.15. The number of hydrogen-bond donors (Lipinski definition) is 0. The zero-order valence-corrected chi connectivity index (χ0v) is 17.4. The van der Waals surface area contributed by atoms with Gasteiger partial charge in [0.05, 0.1) is 26.0 Å². The Morgan fingerprint density at radius 1 is 1.00 bits per heavy atom. The zero-order chi connectivity index (χ0) is 20.8. The first-order chi connectivity index (χ1) is 14.7. The van der Waals surface area contributed by atoms with Gasteiger partial charge < -0.3 is 23.4 Å². The Bertz CT molecular complexity index is 925. The van der Waals surface area contributed by atoms with Gasteiger partial charge in [-0.3, -0.25) is 4.79 Å². The third kappa shape index (κ3) is 4.87. The molecular weight excluding hydrogens is 380 g/mol. The molecule has 2 aromatic heterocycles. The fourth-order valence-electron chi connectivity index (χ4n) is 3.76. The second kappa shape index (κ2) is 9.57. The van der Waals surface area contributed by atoms with Gasteiger partial charge in [-0.05, 0) is 68.7 Å². The molecule has 0 atom stereocenters. The molecule has 6 nitrogen and oxygen atoms in total. The molecule has 0 spiro atoms. The SMILES string of the molecule is CCOc1ccc(C(=O)N(Cc2ccco2)Cc2ccc(N3CCCCC3)o2)cc1. The van der Waals surface area contributed by atoms with Gasteiger partial charge in [-0.2, -0.15) is 0 Å². The molecule has 1 aliphatic rings. The van der Waals surface area contributed by atoms with E-state index >= 15 is 0 Å². The molecular formula is C24H28N2O4. The summed E-state index contributed by atoms with van der Waals surface area (Å²) < 4.78 is 17.1. The topological polar surface area (TPSA) is 59.1 Å². The summed E-state index contributed by atoms with van der Waals surface area (Å²) in [7, 11) is 0. The van der Waals surface area contributed by atoms with Gasteiger partial charge in [0.25, 0.3) is 5.91 Å². The molecule has 0 aliphatic carbocycles. The molecule has 1 amide bonds. The average Bonchev–Trinajstić information content (AvgIpc) is 3.47. The van der Waals surface area contributed by atoms with Crippen molar-refractivity contribution in [2.75, 3.05) is 24.6 Å². The molecule has 3 heterocycles. The summed E-state index contributed by atoms with van der Waals surface area (Å²) in [6.07, 6.45) is 5.28. The predicted molar refractivity (Wildman–Crippen MR) is 115 cm³/mol. The fourth-order valence-corrected chi connectivity index (χ4v) is 3.76. The lowest BCUT2D eigenvalue weighted by Crippen LogP contribution is -2.30. The van der Waals surface area contributed by atoms with Gasteiger partial charge in [0, 0.05) is 24.7 Å². The number of rotatable bonds is 8. The number of hydrogen-bond acceptors (Lipinski definition) is 5. The molecule has 0 bridgehead atoms. The average molecular weight is 408 g/mol. The molecule has 4 rings (SSSR count). The predicted octanol–water partition coefficient (Wildman–Crippen LogP) is 5.10. The first-order valence-corrected chi connectivity index (χ1v) is 10.6. The van der Waals surface area contributed by atoms with Crippen molar-refractivity contribution in [2.45, 2.75) is 39.3 Å². The van der Waals surface area contributed by atoms with Crippen LogP contribution < -0.4 is 9.64 Å². The van der Waals surface area contributed by atoms with Crippen LogP contribution in [0.2, 0.25) is 0 Å². The van der Waals surface area contributed by atoms with Crippen molar-refractivity contribution < 1.29 is 18.4 Å². The Morgan fingerprint density at radius 3 is 2.47 bits per heavy atom. The summed E-state index contributed by atoms with van der Waals surface area (Å²) in [5.74, 6) is 3.06. The molecule has 158 valence electrons. The number of nitrogens with zero attached hydrogens (tertiary/aromatic N) is 2. The van der Waals surface area contributed by atoms with Gasteiger partial charge in [-0.25, -0.2) is 0 Å². The third-order valence-corrected chi connectivity index (χ3v) is 5.29. The highest BCUT2D eigenvalue weighted by Gasteiger charge is 2.21. The van der Waals surface area contributed by atoms with Gasteiger partial charge >= 0.3 is 0 Å². The van der Waals surface area contributed by atoms with E-state index in [1.807, 2.05) is 43.3 Å².